The molecule has 1 aromatic heterocycles. The molecule has 2 heterocycles. The number of aliphatic hydroxyl groups is 2. The molecule has 1 aliphatic heterocycles. The molecule has 21 heteroatoms. The van der Waals surface area contributed by atoms with Gasteiger partial charge in [-0.1, -0.05) is 19.3 Å². The van der Waals surface area contributed by atoms with Crippen LogP contribution in [0.2, 0.25) is 0 Å². The molecule has 1 saturated carbocycles. The van der Waals surface area contributed by atoms with Gasteiger partial charge in [-0.2, -0.15) is 0 Å². The fraction of sp³-hybridized carbons (Fsp3) is 0.733. The molecular formula is C15H22IN3O14P3-3. The molecule has 2 aliphatic rings. The molecule has 7 atom stereocenters. The van der Waals surface area contributed by atoms with E-state index >= 15 is 0 Å². The zero-order valence-corrected chi connectivity index (χ0v) is 23.0. The van der Waals surface area contributed by atoms with Crippen molar-refractivity contribution in [2.45, 2.75) is 62.7 Å². The Bertz CT molecular complexity index is 1200. The van der Waals surface area contributed by atoms with Gasteiger partial charge in [0.15, 0.2) is 6.23 Å². The molecule has 1 aliphatic carbocycles. The van der Waals surface area contributed by atoms with Gasteiger partial charge in [0.1, 0.15) is 18.3 Å². The van der Waals surface area contributed by atoms with E-state index in [0.717, 1.165) is 17.2 Å². The van der Waals surface area contributed by atoms with Gasteiger partial charge in [-0.25, -0.2) is 9.11 Å². The van der Waals surface area contributed by atoms with Crippen LogP contribution < -0.4 is 31.0 Å². The van der Waals surface area contributed by atoms with E-state index in [4.69, 9.17) is 4.74 Å². The maximum Gasteiger partial charge on any atom is 0.330 e. The number of rotatable bonds is 10. The normalized spacial score (nSPS) is 30.4. The number of aliphatic hydroxyl groups excluding tert-OH is 2. The van der Waals surface area contributed by atoms with Gasteiger partial charge in [0.25, 0.3) is 21.2 Å². The lowest BCUT2D eigenvalue weighted by Gasteiger charge is -2.37. The summed E-state index contributed by atoms with van der Waals surface area (Å²) in [4.78, 5) is 61.3. The summed E-state index contributed by atoms with van der Waals surface area (Å²) in [6.07, 6.45) is -2.53. The molecule has 4 unspecified atom stereocenters. The number of halogens is 1. The zero-order chi connectivity index (χ0) is 26.9. The van der Waals surface area contributed by atoms with Crippen LogP contribution in [0.15, 0.2) is 15.8 Å². The van der Waals surface area contributed by atoms with Crippen molar-refractivity contribution in [2.75, 3.05) is 6.61 Å². The topological polar surface area (TPSA) is 265 Å². The lowest BCUT2D eigenvalue weighted by atomic mass is 9.96. The molecule has 4 N–H and O–H groups in total. The molecule has 0 radical (unpaired) electrons. The number of ether oxygens (including phenoxy) is 1. The van der Waals surface area contributed by atoms with Gasteiger partial charge in [0, 0.05) is 12.2 Å². The van der Waals surface area contributed by atoms with Crippen LogP contribution in [0.4, 0.5) is 0 Å². The van der Waals surface area contributed by atoms with Crippen LogP contribution in [0.1, 0.15) is 38.3 Å². The predicted molar refractivity (Wildman–Crippen MR) is 121 cm³/mol. The monoisotopic (exact) mass is 688 g/mol. The Morgan fingerprint density at radius 1 is 1.08 bits per heavy atom. The number of hydrogen-bond donors (Lipinski definition) is 4. The molecule has 1 saturated heterocycles. The highest BCUT2D eigenvalue weighted by Crippen LogP contribution is 2.61. The largest absolute Gasteiger partial charge is 0.766 e. The van der Waals surface area contributed by atoms with Crippen LogP contribution in [0.3, 0.4) is 0 Å². The second kappa shape index (κ2) is 11.8. The van der Waals surface area contributed by atoms with Gasteiger partial charge in [0.05, 0.1) is 10.2 Å². The first-order chi connectivity index (χ1) is 16.6. The van der Waals surface area contributed by atoms with Gasteiger partial charge >= 0.3 is 5.69 Å². The van der Waals surface area contributed by atoms with E-state index in [1.54, 1.807) is 22.6 Å². The molecule has 17 nitrogen and oxygen atoms in total. The Morgan fingerprint density at radius 3 is 2.36 bits per heavy atom. The number of phosphoric ester groups is 1. The molecular weight excluding hydrogens is 666 g/mol. The van der Waals surface area contributed by atoms with Gasteiger partial charge in [-0.3, -0.25) is 37.4 Å². The minimum Gasteiger partial charge on any atom is -0.766 e. The first kappa shape index (κ1) is 30.2. The third-order valence-corrected chi connectivity index (χ3v) is 10.5. The van der Waals surface area contributed by atoms with E-state index in [9.17, 15) is 48.2 Å². The number of nitrogens with one attached hydrogen (secondary N) is 2. The second-order valence-corrected chi connectivity index (χ2v) is 13.8. The summed E-state index contributed by atoms with van der Waals surface area (Å²) in [5.41, 5.74) is -1.71. The summed E-state index contributed by atoms with van der Waals surface area (Å²) < 4.78 is 53.9. The molecule has 1 aromatic rings. The predicted octanol–water partition coefficient (Wildman–Crippen LogP) is -1.86. The lowest BCUT2D eigenvalue weighted by molar-refractivity contribution is -0.246. The average molecular weight is 688 g/mol. The van der Waals surface area contributed by atoms with Crippen LogP contribution in [-0.2, 0) is 31.6 Å². The van der Waals surface area contributed by atoms with Gasteiger partial charge < -0.3 is 34.2 Å². The number of aromatic amines is 1. The SMILES string of the molecule is O=c1[nH]c(=O)n([C@@H]2O[C@H](COP(=O)([O-])OP(=O)([O-])OP(=O)([O-])NC3CCCCC3)C(O)[C@@H]2O)cc1I. The quantitative estimate of drug-likeness (QED) is 0.155. The van der Waals surface area contributed by atoms with Crippen molar-refractivity contribution in [1.29, 1.82) is 0 Å². The summed E-state index contributed by atoms with van der Waals surface area (Å²) >= 11 is 1.60. The molecule has 0 spiro atoms. The third kappa shape index (κ3) is 8.10. The smallest absolute Gasteiger partial charge is 0.330 e. The van der Waals surface area contributed by atoms with E-state index in [0.29, 0.717) is 25.7 Å². The summed E-state index contributed by atoms with van der Waals surface area (Å²) in [6.45, 7) is -1.10. The first-order valence-electron chi connectivity index (χ1n) is 10.4. The number of phosphoric acid groups is 2. The number of hydrogen-bond acceptors (Lipinski definition) is 14. The number of nitrogens with zero attached hydrogens (tertiary/aromatic N) is 1. The Morgan fingerprint density at radius 2 is 1.72 bits per heavy atom. The Balaban J connectivity index is 1.59. The summed E-state index contributed by atoms with van der Waals surface area (Å²) in [6, 6.07) is -0.573. The highest BCUT2D eigenvalue weighted by Gasteiger charge is 2.45. The van der Waals surface area contributed by atoms with Gasteiger partial charge in [0.2, 0.25) is 7.75 Å². The maximum absolute atomic E-state index is 12.0. The van der Waals surface area contributed by atoms with Crippen molar-refractivity contribution >= 4 is 46.0 Å². The van der Waals surface area contributed by atoms with E-state index in [1.807, 2.05) is 10.1 Å². The summed E-state index contributed by atoms with van der Waals surface area (Å²) in [5.74, 6) is 0. The van der Waals surface area contributed by atoms with Crippen LogP contribution in [0.25, 0.3) is 0 Å². The number of aromatic nitrogens is 2. The van der Waals surface area contributed by atoms with Gasteiger partial charge in [-0.05, 0) is 35.4 Å². The third-order valence-electron chi connectivity index (χ3n) is 5.29. The van der Waals surface area contributed by atoms with Crippen molar-refractivity contribution in [3.8, 4) is 0 Å². The lowest BCUT2D eigenvalue weighted by Crippen LogP contribution is -2.38. The van der Waals surface area contributed by atoms with Crippen LogP contribution in [-0.4, -0.2) is 50.7 Å². The van der Waals surface area contributed by atoms with Crippen molar-refractivity contribution < 1.29 is 56.5 Å². The summed E-state index contributed by atoms with van der Waals surface area (Å²) in [7, 11) is -17.0. The van der Waals surface area contributed by atoms with Crippen molar-refractivity contribution in [1.82, 2.24) is 14.6 Å². The van der Waals surface area contributed by atoms with Gasteiger partial charge in [-0.15, -0.1) is 0 Å². The Hall–Kier alpha value is -0.300. The molecule has 3 rings (SSSR count). The second-order valence-electron chi connectivity index (χ2n) is 8.00. The molecule has 36 heavy (non-hydrogen) atoms. The number of H-pyrrole nitrogens is 1. The van der Waals surface area contributed by atoms with Crippen LogP contribution in [0.5, 0.6) is 0 Å². The Kier molecular flexibility index (Phi) is 9.94. The van der Waals surface area contributed by atoms with Crippen molar-refractivity contribution in [3.63, 3.8) is 0 Å². The fourth-order valence-electron chi connectivity index (χ4n) is 3.68. The Labute approximate surface area is 216 Å². The molecule has 0 amide bonds. The van der Waals surface area contributed by atoms with Crippen molar-refractivity contribution in [2.24, 2.45) is 0 Å². The molecule has 0 bridgehead atoms. The van der Waals surface area contributed by atoms with E-state index in [2.05, 4.69) is 13.1 Å². The minimum absolute atomic E-state index is 0.0366. The van der Waals surface area contributed by atoms with Crippen LogP contribution >= 0.6 is 46.0 Å². The van der Waals surface area contributed by atoms with E-state index < -0.39 is 71.8 Å². The average Bonchev–Trinajstić information content (AvgIpc) is 3.02. The highest BCUT2D eigenvalue weighted by molar-refractivity contribution is 14.1. The van der Waals surface area contributed by atoms with Crippen molar-refractivity contribution in [3.05, 3.63) is 30.6 Å². The van der Waals surface area contributed by atoms with E-state index in [1.165, 1.54) is 0 Å². The standard InChI is InChI=1S/C15H25IN3O14P3/c16-9-6-19(15(23)17-13(9)22)14-12(21)11(20)10(31-14)7-30-35(26,27)33-36(28,29)32-34(24,25)18-8-4-2-1-3-5-8/h6,8,10-12,14,20-21H,1-5,7H2,(H,26,27)(H,28,29)(H,17,22,23)(H2,18,24,25)/p-3/t10-,11?,12+,14-/m1/s1. The maximum atomic E-state index is 12.0. The minimum atomic E-state index is -5.99. The highest BCUT2D eigenvalue weighted by atomic mass is 127. The molecule has 206 valence electrons. The first-order valence-corrected chi connectivity index (χ1v) is 15.9. The van der Waals surface area contributed by atoms with E-state index in [-0.39, 0.29) is 3.57 Å². The van der Waals surface area contributed by atoms with Crippen LogP contribution in [0, 0.1) is 3.57 Å². The fourth-order valence-corrected chi connectivity index (χ4v) is 7.95. The summed E-state index contributed by atoms with van der Waals surface area (Å²) in [5, 5.41) is 22.3. The molecule has 2 fully saturated rings. The molecule has 0 aromatic carbocycles. The zero-order valence-electron chi connectivity index (χ0n) is 18.2.